The second-order valence-electron chi connectivity index (χ2n) is 7.01. The summed E-state index contributed by atoms with van der Waals surface area (Å²) >= 11 is 0. The lowest BCUT2D eigenvalue weighted by atomic mass is 10.1. The number of halogens is 1. The Morgan fingerprint density at radius 3 is 2.67 bits per heavy atom. The van der Waals surface area contributed by atoms with Gasteiger partial charge in [-0.15, -0.1) is 12.4 Å². The molecule has 0 bridgehead atoms. The first-order valence-electron chi connectivity index (χ1n) is 9.32. The van der Waals surface area contributed by atoms with Gasteiger partial charge in [0, 0.05) is 30.2 Å². The van der Waals surface area contributed by atoms with E-state index in [0.29, 0.717) is 30.9 Å². The lowest BCUT2D eigenvalue weighted by molar-refractivity contribution is 0.172. The Hall–Kier alpha value is -2.26. The van der Waals surface area contributed by atoms with Crippen LogP contribution in [-0.4, -0.2) is 39.5 Å². The van der Waals surface area contributed by atoms with Crippen molar-refractivity contribution in [2.75, 3.05) is 30.7 Å². The quantitative estimate of drug-likeness (QED) is 0.427. The van der Waals surface area contributed by atoms with Crippen LogP contribution in [0.15, 0.2) is 46.9 Å². The van der Waals surface area contributed by atoms with Crippen LogP contribution in [0.25, 0.3) is 11.0 Å². The Bertz CT molecular complexity index is 1100. The van der Waals surface area contributed by atoms with Gasteiger partial charge in [0.25, 0.3) is 0 Å². The van der Waals surface area contributed by atoms with Crippen LogP contribution >= 0.6 is 12.4 Å². The summed E-state index contributed by atoms with van der Waals surface area (Å²) in [5.41, 5.74) is 2.99. The molecule has 0 saturated carbocycles. The zero-order chi connectivity index (χ0) is 21.0. The molecule has 2 aromatic carbocycles. The first kappa shape index (κ1) is 24.0. The Morgan fingerprint density at radius 2 is 1.93 bits per heavy atom. The second-order valence-corrected chi connectivity index (χ2v) is 8.76. The van der Waals surface area contributed by atoms with Crippen molar-refractivity contribution in [3.05, 3.63) is 59.4 Å². The molecule has 0 unspecified atom stereocenters. The topological polar surface area (TPSA) is 101 Å². The molecule has 3 N–H and O–H groups in total. The third-order valence-electron chi connectivity index (χ3n) is 4.61. The van der Waals surface area contributed by atoms with Crippen molar-refractivity contribution in [2.45, 2.75) is 20.0 Å². The Kier molecular flexibility index (Phi) is 8.14. The van der Waals surface area contributed by atoms with E-state index < -0.39 is 16.1 Å². The van der Waals surface area contributed by atoms with E-state index in [0.717, 1.165) is 34.3 Å². The van der Waals surface area contributed by atoms with E-state index in [1.54, 1.807) is 24.3 Å². The lowest BCUT2D eigenvalue weighted by Gasteiger charge is -2.14. The van der Waals surface area contributed by atoms with E-state index >= 15 is 0 Å². The summed E-state index contributed by atoms with van der Waals surface area (Å²) in [6.45, 7) is 5.28. The maximum atomic E-state index is 11.3. The van der Waals surface area contributed by atoms with E-state index in [2.05, 4.69) is 10.0 Å². The molecule has 0 aliphatic carbocycles. The van der Waals surface area contributed by atoms with Crippen molar-refractivity contribution in [3.8, 4) is 5.75 Å². The number of aliphatic hydroxyl groups is 1. The predicted molar refractivity (Wildman–Crippen MR) is 121 cm³/mol. The SMILES string of the molecule is Cc1oc2cc(OCCNC[C@H](O)c3cccc(NS(C)(=O)=O)c3)ccc2c1C.Cl. The minimum absolute atomic E-state index is 0. The summed E-state index contributed by atoms with van der Waals surface area (Å²) in [5, 5.41) is 14.5. The number of furan rings is 1. The fourth-order valence-corrected chi connectivity index (χ4v) is 3.59. The Morgan fingerprint density at radius 1 is 1.17 bits per heavy atom. The molecule has 0 amide bonds. The van der Waals surface area contributed by atoms with Crippen LogP contribution in [0.1, 0.15) is 23.0 Å². The highest BCUT2D eigenvalue weighted by atomic mass is 35.5. The molecule has 3 aromatic rings. The summed E-state index contributed by atoms with van der Waals surface area (Å²) in [6, 6.07) is 12.5. The van der Waals surface area contributed by atoms with Gasteiger partial charge in [-0.25, -0.2) is 8.42 Å². The highest BCUT2D eigenvalue weighted by Gasteiger charge is 2.10. The van der Waals surface area contributed by atoms with Crippen molar-refractivity contribution >= 4 is 39.1 Å². The third kappa shape index (κ3) is 6.37. The van der Waals surface area contributed by atoms with Crippen molar-refractivity contribution in [2.24, 2.45) is 0 Å². The fourth-order valence-electron chi connectivity index (χ4n) is 3.04. The normalized spacial score (nSPS) is 12.4. The predicted octanol–water partition coefficient (Wildman–Crippen LogP) is 3.54. The standard InChI is InChI=1S/C21H26N2O5S.ClH/c1-14-15(2)28-21-12-18(7-8-19(14)21)27-10-9-22-13-20(24)16-5-4-6-17(11-16)23-29(3,25)26;/h4-8,11-12,20,22-24H,9-10,13H2,1-3H3;1H/t20-;/m0./s1. The molecule has 0 saturated heterocycles. The molecule has 7 nitrogen and oxygen atoms in total. The number of ether oxygens (including phenoxy) is 1. The number of benzene rings is 2. The van der Waals surface area contributed by atoms with Crippen molar-refractivity contribution < 1.29 is 22.7 Å². The highest BCUT2D eigenvalue weighted by molar-refractivity contribution is 7.92. The summed E-state index contributed by atoms with van der Waals surface area (Å²) in [5.74, 6) is 1.64. The largest absolute Gasteiger partial charge is 0.492 e. The van der Waals surface area contributed by atoms with Crippen molar-refractivity contribution in [1.82, 2.24) is 5.32 Å². The molecule has 0 spiro atoms. The molecule has 1 aromatic heterocycles. The molecule has 0 aliphatic rings. The molecule has 9 heteroatoms. The molecular formula is C21H27ClN2O5S. The van der Waals surface area contributed by atoms with Crippen molar-refractivity contribution in [1.29, 1.82) is 0 Å². The number of rotatable bonds is 9. The van der Waals surface area contributed by atoms with Crippen LogP contribution in [0.5, 0.6) is 5.75 Å². The zero-order valence-corrected chi connectivity index (χ0v) is 18.8. The zero-order valence-electron chi connectivity index (χ0n) is 17.1. The number of nitrogens with one attached hydrogen (secondary N) is 2. The lowest BCUT2D eigenvalue weighted by Crippen LogP contribution is -2.26. The maximum absolute atomic E-state index is 11.3. The van der Waals surface area contributed by atoms with Gasteiger partial charge < -0.3 is 19.6 Å². The molecule has 3 rings (SSSR count). The smallest absolute Gasteiger partial charge is 0.229 e. The van der Waals surface area contributed by atoms with Gasteiger partial charge in [0.15, 0.2) is 0 Å². The summed E-state index contributed by atoms with van der Waals surface area (Å²) in [6.07, 6.45) is 0.325. The van der Waals surface area contributed by atoms with E-state index in [1.807, 2.05) is 32.0 Å². The van der Waals surface area contributed by atoms with Crippen LogP contribution < -0.4 is 14.8 Å². The molecule has 1 atom stereocenters. The first-order chi connectivity index (χ1) is 13.7. The van der Waals surface area contributed by atoms with Crippen LogP contribution in [0, 0.1) is 13.8 Å². The minimum atomic E-state index is -3.36. The van der Waals surface area contributed by atoms with E-state index in [1.165, 1.54) is 0 Å². The number of fused-ring (bicyclic) bond motifs is 1. The number of hydrogen-bond acceptors (Lipinski definition) is 6. The van der Waals surface area contributed by atoms with Gasteiger partial charge in [0.1, 0.15) is 23.7 Å². The number of sulfonamides is 1. The van der Waals surface area contributed by atoms with E-state index in [4.69, 9.17) is 9.15 Å². The van der Waals surface area contributed by atoms with Gasteiger partial charge in [-0.3, -0.25) is 4.72 Å². The monoisotopic (exact) mass is 454 g/mol. The van der Waals surface area contributed by atoms with Crippen molar-refractivity contribution in [3.63, 3.8) is 0 Å². The fraction of sp³-hybridized carbons (Fsp3) is 0.333. The molecule has 0 aliphatic heterocycles. The molecule has 0 fully saturated rings. The first-order valence-corrected chi connectivity index (χ1v) is 11.2. The third-order valence-corrected chi connectivity index (χ3v) is 5.21. The summed E-state index contributed by atoms with van der Waals surface area (Å²) < 4.78 is 36.5. The average Bonchev–Trinajstić information content (AvgIpc) is 2.93. The van der Waals surface area contributed by atoms with Gasteiger partial charge in [-0.05, 0) is 49.2 Å². The Balaban J connectivity index is 0.00000320. The molecule has 30 heavy (non-hydrogen) atoms. The van der Waals surface area contributed by atoms with Gasteiger partial charge >= 0.3 is 0 Å². The van der Waals surface area contributed by atoms with Gasteiger partial charge in [-0.1, -0.05) is 12.1 Å². The van der Waals surface area contributed by atoms with Crippen LogP contribution in [0.2, 0.25) is 0 Å². The second kappa shape index (κ2) is 10.2. The summed E-state index contributed by atoms with van der Waals surface area (Å²) in [4.78, 5) is 0. The Labute approximate surface area is 182 Å². The van der Waals surface area contributed by atoms with Crippen LogP contribution in [0.4, 0.5) is 5.69 Å². The van der Waals surface area contributed by atoms with E-state index in [-0.39, 0.29) is 12.4 Å². The molecular weight excluding hydrogens is 428 g/mol. The number of aryl methyl sites for hydroxylation is 2. The van der Waals surface area contributed by atoms with Crippen LogP contribution in [-0.2, 0) is 10.0 Å². The molecule has 164 valence electrons. The van der Waals surface area contributed by atoms with Gasteiger partial charge in [0.05, 0.1) is 12.4 Å². The minimum Gasteiger partial charge on any atom is -0.492 e. The highest BCUT2D eigenvalue weighted by Crippen LogP contribution is 2.28. The number of hydrogen-bond donors (Lipinski definition) is 3. The van der Waals surface area contributed by atoms with Crippen LogP contribution in [0.3, 0.4) is 0 Å². The number of aliphatic hydroxyl groups excluding tert-OH is 1. The number of anilines is 1. The molecule has 0 radical (unpaired) electrons. The molecule has 1 heterocycles. The maximum Gasteiger partial charge on any atom is 0.229 e. The van der Waals surface area contributed by atoms with E-state index in [9.17, 15) is 13.5 Å². The van der Waals surface area contributed by atoms with Gasteiger partial charge in [0.2, 0.25) is 10.0 Å². The average molecular weight is 455 g/mol. The summed E-state index contributed by atoms with van der Waals surface area (Å²) in [7, 11) is -3.36. The van der Waals surface area contributed by atoms with Gasteiger partial charge in [-0.2, -0.15) is 0 Å².